The molecule has 154 valence electrons. The standard InChI is InChI=1S/C20H25FN6OS/c1-3-8-22-17-16-13-24-27(18(16)26-20(25-17)29-11-4-2)10-9-23-19(28)14-6-5-7-15(21)12-14/h5-7,12-13H,3-4,8-11H2,1-2H3,(H,23,28)(H,22,25,26). The van der Waals surface area contributed by atoms with E-state index in [0.717, 1.165) is 42.0 Å². The van der Waals surface area contributed by atoms with Crippen molar-refractivity contribution in [2.24, 2.45) is 0 Å². The third-order valence-electron chi connectivity index (χ3n) is 4.15. The molecule has 0 aliphatic carbocycles. The summed E-state index contributed by atoms with van der Waals surface area (Å²) in [6.07, 6.45) is 3.77. The second-order valence-corrected chi connectivity index (χ2v) is 7.56. The van der Waals surface area contributed by atoms with Gasteiger partial charge in [-0.1, -0.05) is 31.7 Å². The van der Waals surface area contributed by atoms with Crippen molar-refractivity contribution in [2.45, 2.75) is 38.4 Å². The number of nitrogens with one attached hydrogen (secondary N) is 2. The van der Waals surface area contributed by atoms with Crippen LogP contribution in [0.1, 0.15) is 37.0 Å². The van der Waals surface area contributed by atoms with E-state index in [-0.39, 0.29) is 5.91 Å². The Kier molecular flexibility index (Phi) is 7.40. The predicted octanol–water partition coefficient (Wildman–Crippen LogP) is 3.72. The average Bonchev–Trinajstić information content (AvgIpc) is 3.13. The Balaban J connectivity index is 1.73. The van der Waals surface area contributed by atoms with Crippen molar-refractivity contribution in [1.29, 1.82) is 0 Å². The highest BCUT2D eigenvalue weighted by Gasteiger charge is 2.13. The molecular formula is C20H25FN6OS. The van der Waals surface area contributed by atoms with E-state index in [1.165, 1.54) is 18.2 Å². The molecule has 0 aliphatic rings. The minimum absolute atomic E-state index is 0.293. The van der Waals surface area contributed by atoms with Crippen molar-refractivity contribution >= 4 is 34.5 Å². The lowest BCUT2D eigenvalue weighted by Crippen LogP contribution is -2.27. The number of benzene rings is 1. The fourth-order valence-electron chi connectivity index (χ4n) is 2.74. The van der Waals surface area contributed by atoms with Crippen molar-refractivity contribution in [3.05, 3.63) is 41.8 Å². The summed E-state index contributed by atoms with van der Waals surface area (Å²) in [4.78, 5) is 21.5. The third-order valence-corrected chi connectivity index (χ3v) is 5.20. The van der Waals surface area contributed by atoms with Gasteiger partial charge in [-0.25, -0.2) is 19.0 Å². The lowest BCUT2D eigenvalue weighted by atomic mass is 10.2. The van der Waals surface area contributed by atoms with Crippen LogP contribution in [-0.4, -0.2) is 44.5 Å². The van der Waals surface area contributed by atoms with Gasteiger partial charge in [0.1, 0.15) is 11.6 Å². The Hall–Kier alpha value is -2.68. The van der Waals surface area contributed by atoms with E-state index >= 15 is 0 Å². The topological polar surface area (TPSA) is 84.7 Å². The molecule has 0 fully saturated rings. The van der Waals surface area contributed by atoms with Gasteiger partial charge in [-0.3, -0.25) is 4.79 Å². The number of fused-ring (bicyclic) bond motifs is 1. The maximum Gasteiger partial charge on any atom is 0.251 e. The number of carbonyl (C=O) groups is 1. The van der Waals surface area contributed by atoms with Crippen molar-refractivity contribution < 1.29 is 9.18 Å². The summed E-state index contributed by atoms with van der Waals surface area (Å²) in [6, 6.07) is 5.62. The van der Waals surface area contributed by atoms with Gasteiger partial charge in [0.15, 0.2) is 10.8 Å². The van der Waals surface area contributed by atoms with Gasteiger partial charge in [-0.05, 0) is 31.0 Å². The molecule has 3 aromatic rings. The number of amides is 1. The third kappa shape index (κ3) is 5.44. The summed E-state index contributed by atoms with van der Waals surface area (Å²) >= 11 is 1.61. The van der Waals surface area contributed by atoms with E-state index in [2.05, 4.69) is 39.5 Å². The molecule has 0 radical (unpaired) electrons. The zero-order chi connectivity index (χ0) is 20.6. The molecule has 3 rings (SSSR count). The van der Waals surface area contributed by atoms with Gasteiger partial charge in [0, 0.05) is 24.4 Å². The summed E-state index contributed by atoms with van der Waals surface area (Å²) in [6.45, 7) is 5.84. The zero-order valence-electron chi connectivity index (χ0n) is 16.6. The van der Waals surface area contributed by atoms with Crippen LogP contribution in [0.15, 0.2) is 35.6 Å². The maximum atomic E-state index is 13.3. The number of rotatable bonds is 10. The van der Waals surface area contributed by atoms with E-state index < -0.39 is 5.82 Å². The molecule has 0 unspecified atom stereocenters. The number of carbonyl (C=O) groups excluding carboxylic acids is 1. The Morgan fingerprint density at radius 1 is 1.21 bits per heavy atom. The van der Waals surface area contributed by atoms with Gasteiger partial charge in [0.25, 0.3) is 5.91 Å². The quantitative estimate of drug-likeness (QED) is 0.387. The van der Waals surface area contributed by atoms with Crippen molar-refractivity contribution in [1.82, 2.24) is 25.1 Å². The second-order valence-electron chi connectivity index (χ2n) is 6.50. The number of hydrogen-bond acceptors (Lipinski definition) is 6. The van der Waals surface area contributed by atoms with Gasteiger partial charge in [0.05, 0.1) is 18.1 Å². The van der Waals surface area contributed by atoms with Crippen molar-refractivity contribution in [2.75, 3.05) is 24.2 Å². The van der Waals surface area contributed by atoms with Crippen LogP contribution in [0.25, 0.3) is 11.0 Å². The number of anilines is 1. The number of halogens is 1. The molecular weight excluding hydrogens is 391 g/mol. The van der Waals surface area contributed by atoms with E-state index in [1.54, 1.807) is 28.7 Å². The molecule has 9 heteroatoms. The van der Waals surface area contributed by atoms with Crippen LogP contribution in [0.4, 0.5) is 10.2 Å². The number of hydrogen-bond donors (Lipinski definition) is 2. The first kappa shape index (κ1) is 21.0. The molecule has 0 saturated carbocycles. The van der Waals surface area contributed by atoms with Crippen LogP contribution in [0.5, 0.6) is 0 Å². The fourth-order valence-corrected chi connectivity index (χ4v) is 3.44. The first-order chi connectivity index (χ1) is 14.1. The molecule has 1 aromatic carbocycles. The van der Waals surface area contributed by atoms with E-state index in [1.807, 2.05) is 0 Å². The molecule has 1 amide bonds. The molecule has 7 nitrogen and oxygen atoms in total. The molecule has 2 N–H and O–H groups in total. The normalized spacial score (nSPS) is 11.0. The van der Waals surface area contributed by atoms with Gasteiger partial charge < -0.3 is 10.6 Å². The van der Waals surface area contributed by atoms with Gasteiger partial charge in [-0.15, -0.1) is 0 Å². The van der Waals surface area contributed by atoms with Crippen LogP contribution in [0.2, 0.25) is 0 Å². The van der Waals surface area contributed by atoms with Gasteiger partial charge >= 0.3 is 0 Å². The summed E-state index contributed by atoms with van der Waals surface area (Å²) in [5, 5.41) is 12.1. The summed E-state index contributed by atoms with van der Waals surface area (Å²) in [5.74, 6) is 0.971. The minimum atomic E-state index is -0.434. The molecule has 0 saturated heterocycles. The van der Waals surface area contributed by atoms with Crippen LogP contribution in [-0.2, 0) is 6.54 Å². The highest BCUT2D eigenvalue weighted by molar-refractivity contribution is 7.99. The van der Waals surface area contributed by atoms with Crippen LogP contribution in [0, 0.1) is 5.82 Å². The molecule has 29 heavy (non-hydrogen) atoms. The van der Waals surface area contributed by atoms with Crippen molar-refractivity contribution in [3.63, 3.8) is 0 Å². The van der Waals surface area contributed by atoms with Gasteiger partial charge in [-0.2, -0.15) is 5.10 Å². The highest BCUT2D eigenvalue weighted by atomic mass is 32.2. The highest BCUT2D eigenvalue weighted by Crippen LogP contribution is 2.24. The second kappa shape index (κ2) is 10.2. The largest absolute Gasteiger partial charge is 0.369 e. The van der Waals surface area contributed by atoms with E-state index in [4.69, 9.17) is 0 Å². The smallest absolute Gasteiger partial charge is 0.251 e. The monoisotopic (exact) mass is 416 g/mol. The van der Waals surface area contributed by atoms with Crippen molar-refractivity contribution in [3.8, 4) is 0 Å². The Bertz CT molecular complexity index is 977. The molecule has 2 heterocycles. The first-order valence-corrected chi connectivity index (χ1v) is 10.7. The fraction of sp³-hybridized carbons (Fsp3) is 0.400. The van der Waals surface area contributed by atoms with Gasteiger partial charge in [0.2, 0.25) is 0 Å². The Morgan fingerprint density at radius 3 is 2.83 bits per heavy atom. The molecule has 0 bridgehead atoms. The predicted molar refractivity (Wildman–Crippen MR) is 114 cm³/mol. The molecule has 0 aliphatic heterocycles. The maximum absolute atomic E-state index is 13.3. The lowest BCUT2D eigenvalue weighted by molar-refractivity contribution is 0.0951. The van der Waals surface area contributed by atoms with Crippen LogP contribution < -0.4 is 10.6 Å². The number of thioether (sulfide) groups is 1. The Labute approximate surface area is 173 Å². The molecule has 2 aromatic heterocycles. The molecule has 0 spiro atoms. The lowest BCUT2D eigenvalue weighted by Gasteiger charge is -2.09. The number of aromatic nitrogens is 4. The van der Waals surface area contributed by atoms with E-state index in [9.17, 15) is 9.18 Å². The SMILES string of the molecule is CCCNc1nc(SCCC)nc2c1cnn2CCNC(=O)c1cccc(F)c1. The van der Waals surface area contributed by atoms with Crippen LogP contribution >= 0.6 is 11.8 Å². The Morgan fingerprint density at radius 2 is 2.07 bits per heavy atom. The summed E-state index contributed by atoms with van der Waals surface area (Å²) in [7, 11) is 0. The first-order valence-electron chi connectivity index (χ1n) is 9.76. The average molecular weight is 417 g/mol. The van der Waals surface area contributed by atoms with E-state index in [0.29, 0.717) is 23.8 Å². The summed E-state index contributed by atoms with van der Waals surface area (Å²) < 4.78 is 15.0. The molecule has 0 atom stereocenters. The zero-order valence-corrected chi connectivity index (χ0v) is 17.4. The van der Waals surface area contributed by atoms with Crippen LogP contribution in [0.3, 0.4) is 0 Å². The number of nitrogens with zero attached hydrogens (tertiary/aromatic N) is 4. The minimum Gasteiger partial charge on any atom is -0.369 e. The summed E-state index contributed by atoms with van der Waals surface area (Å²) in [5.41, 5.74) is 1.03.